The van der Waals surface area contributed by atoms with Crippen LogP contribution >= 0.6 is 0 Å². The van der Waals surface area contributed by atoms with Gasteiger partial charge in [-0.15, -0.1) is 0 Å². The molecule has 0 aliphatic heterocycles. The van der Waals surface area contributed by atoms with Crippen molar-refractivity contribution >= 4 is 11.4 Å². The summed E-state index contributed by atoms with van der Waals surface area (Å²) >= 11 is 0. The Hall–Kier alpha value is -2.57. The molecule has 118 valence electrons. The molecular weight excluding hydrogens is 284 g/mol. The largest absolute Gasteiger partial charge is 0.490 e. The van der Waals surface area contributed by atoms with Crippen LogP contribution in [-0.2, 0) is 6.42 Å². The van der Waals surface area contributed by atoms with Crippen molar-refractivity contribution in [2.45, 2.75) is 26.3 Å². The third-order valence-corrected chi connectivity index (χ3v) is 3.28. The van der Waals surface area contributed by atoms with Gasteiger partial charge in [0.25, 0.3) is 0 Å². The predicted molar refractivity (Wildman–Crippen MR) is 84.5 cm³/mol. The van der Waals surface area contributed by atoms with Crippen LogP contribution in [-0.4, -0.2) is 28.4 Å². The zero-order chi connectivity index (χ0) is 16.1. The van der Waals surface area contributed by atoms with Gasteiger partial charge in [0.05, 0.1) is 17.7 Å². The Morgan fingerprint density at radius 1 is 1.41 bits per heavy atom. The summed E-state index contributed by atoms with van der Waals surface area (Å²) < 4.78 is 6.97. The Morgan fingerprint density at radius 2 is 2.18 bits per heavy atom. The number of nitrogens with one attached hydrogen (secondary N) is 1. The lowest BCUT2D eigenvalue weighted by Gasteiger charge is -2.08. The van der Waals surface area contributed by atoms with Gasteiger partial charge < -0.3 is 10.1 Å². The van der Waals surface area contributed by atoms with E-state index >= 15 is 0 Å². The second-order valence-electron chi connectivity index (χ2n) is 5.20. The van der Waals surface area contributed by atoms with Crippen LogP contribution in [0.2, 0.25) is 0 Å². The van der Waals surface area contributed by atoms with E-state index in [0.717, 1.165) is 17.8 Å². The second-order valence-corrected chi connectivity index (χ2v) is 5.20. The lowest BCUT2D eigenvalue weighted by molar-refractivity contribution is -0.385. The fourth-order valence-corrected chi connectivity index (χ4v) is 2.07. The number of aromatic nitrogens is 2. The molecule has 0 spiro atoms. The highest BCUT2D eigenvalue weighted by atomic mass is 16.6. The molecule has 0 unspecified atom stereocenters. The zero-order valence-corrected chi connectivity index (χ0v) is 12.9. The molecule has 0 amide bonds. The number of hydrogen-bond acceptors (Lipinski definition) is 5. The maximum Gasteiger partial charge on any atom is 0.311 e. The van der Waals surface area contributed by atoms with Crippen LogP contribution in [0.5, 0.6) is 5.75 Å². The van der Waals surface area contributed by atoms with Crippen molar-refractivity contribution < 1.29 is 9.66 Å². The summed E-state index contributed by atoms with van der Waals surface area (Å²) in [6.45, 7) is 4.85. The molecule has 0 saturated heterocycles. The maximum absolute atomic E-state index is 10.8. The summed E-state index contributed by atoms with van der Waals surface area (Å²) in [5.74, 6) is 0.249. The third kappa shape index (κ3) is 3.75. The van der Waals surface area contributed by atoms with Crippen molar-refractivity contribution in [2.75, 3.05) is 19.0 Å². The Labute approximate surface area is 129 Å². The van der Waals surface area contributed by atoms with E-state index in [-0.39, 0.29) is 11.4 Å². The average Bonchev–Trinajstić information content (AvgIpc) is 2.96. The van der Waals surface area contributed by atoms with E-state index in [1.54, 1.807) is 12.1 Å². The highest BCUT2D eigenvalue weighted by Crippen LogP contribution is 2.29. The van der Waals surface area contributed by atoms with Crippen LogP contribution in [0.25, 0.3) is 0 Å². The molecule has 2 rings (SSSR count). The van der Waals surface area contributed by atoms with Crippen LogP contribution in [0.4, 0.5) is 11.4 Å². The summed E-state index contributed by atoms with van der Waals surface area (Å²) in [5, 5.41) is 18.5. The number of hydrogen-bond donors (Lipinski definition) is 1. The molecule has 0 atom stereocenters. The lowest BCUT2D eigenvalue weighted by Crippen LogP contribution is -2.07. The van der Waals surface area contributed by atoms with E-state index in [1.807, 2.05) is 16.9 Å². The fraction of sp³-hybridized carbons (Fsp3) is 0.400. The van der Waals surface area contributed by atoms with Crippen molar-refractivity contribution in [1.29, 1.82) is 0 Å². The number of rotatable bonds is 7. The number of methoxy groups -OCH3 is 1. The van der Waals surface area contributed by atoms with Gasteiger partial charge in [0.15, 0.2) is 5.75 Å². The van der Waals surface area contributed by atoms with Crippen molar-refractivity contribution in [1.82, 2.24) is 9.78 Å². The molecule has 2 aromatic rings. The third-order valence-electron chi connectivity index (χ3n) is 3.28. The van der Waals surface area contributed by atoms with E-state index in [0.29, 0.717) is 12.6 Å². The summed E-state index contributed by atoms with van der Waals surface area (Å²) in [6.07, 6.45) is 2.74. The van der Waals surface area contributed by atoms with Gasteiger partial charge in [-0.3, -0.25) is 14.8 Å². The first kappa shape index (κ1) is 15.8. The Bertz CT molecular complexity index is 652. The highest BCUT2D eigenvalue weighted by Gasteiger charge is 2.14. The first-order valence-electron chi connectivity index (χ1n) is 7.11. The van der Waals surface area contributed by atoms with E-state index in [4.69, 9.17) is 4.74 Å². The van der Waals surface area contributed by atoms with E-state index in [9.17, 15) is 10.1 Å². The predicted octanol–water partition coefficient (Wildman–Crippen LogP) is 3.04. The summed E-state index contributed by atoms with van der Waals surface area (Å²) in [5.41, 5.74) is 1.75. The molecular formula is C15H20N4O3. The minimum atomic E-state index is -0.457. The average molecular weight is 304 g/mol. The molecule has 0 radical (unpaired) electrons. The fourth-order valence-electron chi connectivity index (χ4n) is 2.07. The van der Waals surface area contributed by atoms with Gasteiger partial charge in [-0.05, 0) is 26.0 Å². The molecule has 1 aromatic carbocycles. The van der Waals surface area contributed by atoms with Gasteiger partial charge in [0.1, 0.15) is 0 Å². The summed E-state index contributed by atoms with van der Waals surface area (Å²) in [7, 11) is 1.42. The first-order chi connectivity index (χ1) is 10.5. The van der Waals surface area contributed by atoms with Gasteiger partial charge in [0.2, 0.25) is 0 Å². The molecule has 0 bridgehead atoms. The van der Waals surface area contributed by atoms with Gasteiger partial charge in [-0.1, -0.05) is 0 Å². The SMILES string of the molecule is COc1cc(NCCc2ccn(C(C)C)n2)ccc1[N+](=O)[O-]. The topological polar surface area (TPSA) is 82.2 Å². The van der Waals surface area contributed by atoms with Gasteiger partial charge in [-0.25, -0.2) is 0 Å². The van der Waals surface area contributed by atoms with E-state index in [1.165, 1.54) is 13.2 Å². The molecule has 22 heavy (non-hydrogen) atoms. The maximum atomic E-state index is 10.8. The minimum Gasteiger partial charge on any atom is -0.490 e. The molecule has 7 nitrogen and oxygen atoms in total. The lowest BCUT2D eigenvalue weighted by atomic mass is 10.2. The van der Waals surface area contributed by atoms with Crippen molar-refractivity contribution in [3.05, 3.63) is 46.3 Å². The quantitative estimate of drug-likeness (QED) is 0.628. The number of nitrogens with zero attached hydrogens (tertiary/aromatic N) is 3. The van der Waals surface area contributed by atoms with Gasteiger partial charge >= 0.3 is 5.69 Å². The van der Waals surface area contributed by atoms with Gasteiger partial charge in [0, 0.05) is 43.0 Å². The van der Waals surface area contributed by atoms with Crippen LogP contribution in [0, 0.1) is 10.1 Å². The van der Waals surface area contributed by atoms with Crippen LogP contribution in [0.15, 0.2) is 30.5 Å². The number of benzene rings is 1. The molecule has 1 N–H and O–H groups in total. The van der Waals surface area contributed by atoms with Gasteiger partial charge in [-0.2, -0.15) is 5.10 Å². The molecule has 1 heterocycles. The molecule has 7 heteroatoms. The van der Waals surface area contributed by atoms with E-state index < -0.39 is 4.92 Å². The van der Waals surface area contributed by atoms with Crippen LogP contribution < -0.4 is 10.1 Å². The summed E-state index contributed by atoms with van der Waals surface area (Å²) in [6, 6.07) is 7.09. The Balaban J connectivity index is 1.95. The van der Waals surface area contributed by atoms with Crippen molar-refractivity contribution in [3.8, 4) is 5.75 Å². The van der Waals surface area contributed by atoms with Crippen LogP contribution in [0.3, 0.4) is 0 Å². The number of anilines is 1. The monoisotopic (exact) mass is 304 g/mol. The smallest absolute Gasteiger partial charge is 0.311 e. The molecule has 0 aliphatic rings. The Kier molecular flexibility index (Phi) is 4.98. The van der Waals surface area contributed by atoms with Crippen LogP contribution in [0.1, 0.15) is 25.6 Å². The minimum absolute atomic E-state index is 0.0382. The standard InChI is InChI=1S/C15H20N4O3/c1-11(2)18-9-7-12(17-18)6-8-16-13-4-5-14(19(20)21)15(10-13)22-3/h4-5,7,9-11,16H,6,8H2,1-3H3. The molecule has 1 aromatic heterocycles. The molecule has 0 fully saturated rings. The van der Waals surface area contributed by atoms with E-state index in [2.05, 4.69) is 24.3 Å². The second kappa shape index (κ2) is 6.93. The molecule has 0 saturated carbocycles. The first-order valence-corrected chi connectivity index (χ1v) is 7.11. The zero-order valence-electron chi connectivity index (χ0n) is 12.9. The van der Waals surface area contributed by atoms with Crippen molar-refractivity contribution in [2.24, 2.45) is 0 Å². The number of ether oxygens (including phenoxy) is 1. The normalized spacial score (nSPS) is 10.7. The van der Waals surface area contributed by atoms with Crippen molar-refractivity contribution in [3.63, 3.8) is 0 Å². The Morgan fingerprint density at radius 3 is 2.77 bits per heavy atom. The highest BCUT2D eigenvalue weighted by molar-refractivity contribution is 5.57. The number of nitro benzene ring substituents is 1. The molecule has 0 aliphatic carbocycles. The number of nitro groups is 1. The summed E-state index contributed by atoms with van der Waals surface area (Å²) in [4.78, 5) is 10.4.